The molecule has 1 heterocycles. The number of anilines is 1. The lowest BCUT2D eigenvalue weighted by Gasteiger charge is -2.12. The monoisotopic (exact) mass is 258 g/mol. The number of carbonyl (C=O) groups excluding carboxylic acids is 1. The molecule has 1 amide bonds. The summed E-state index contributed by atoms with van der Waals surface area (Å²) in [5, 5.41) is 6.11. The molecule has 0 aliphatic rings. The second kappa shape index (κ2) is 6.75. The lowest BCUT2D eigenvalue weighted by Crippen LogP contribution is -2.30. The van der Waals surface area contributed by atoms with Crippen molar-refractivity contribution < 1.29 is 9.21 Å². The van der Waals surface area contributed by atoms with Gasteiger partial charge in [0.25, 0.3) is 0 Å². The van der Waals surface area contributed by atoms with Crippen LogP contribution in [0.3, 0.4) is 0 Å². The van der Waals surface area contributed by atoms with Crippen LogP contribution < -0.4 is 10.6 Å². The lowest BCUT2D eigenvalue weighted by molar-refractivity contribution is -0.116. The maximum atomic E-state index is 11.8. The van der Waals surface area contributed by atoms with Crippen LogP contribution in [0.5, 0.6) is 0 Å². The van der Waals surface area contributed by atoms with E-state index in [-0.39, 0.29) is 11.9 Å². The maximum absolute atomic E-state index is 11.8. The van der Waals surface area contributed by atoms with Gasteiger partial charge < -0.3 is 15.1 Å². The van der Waals surface area contributed by atoms with Crippen LogP contribution in [-0.4, -0.2) is 11.9 Å². The van der Waals surface area contributed by atoms with Crippen LogP contribution >= 0.6 is 0 Å². The van der Waals surface area contributed by atoms with Crippen LogP contribution in [-0.2, 0) is 11.3 Å². The molecule has 2 rings (SSSR count). The third kappa shape index (κ3) is 4.60. The number of hydrogen-bond acceptors (Lipinski definition) is 3. The fourth-order valence-corrected chi connectivity index (χ4v) is 1.77. The van der Waals surface area contributed by atoms with E-state index < -0.39 is 0 Å². The predicted octanol–water partition coefficient (Wildman–Crippen LogP) is 2.79. The minimum absolute atomic E-state index is 0.00523. The predicted molar refractivity (Wildman–Crippen MR) is 74.7 cm³/mol. The quantitative estimate of drug-likeness (QED) is 0.837. The Morgan fingerprint density at radius 3 is 2.68 bits per heavy atom. The van der Waals surface area contributed by atoms with Gasteiger partial charge >= 0.3 is 0 Å². The third-order valence-corrected chi connectivity index (χ3v) is 2.75. The molecule has 1 atom stereocenters. The summed E-state index contributed by atoms with van der Waals surface area (Å²) >= 11 is 0. The van der Waals surface area contributed by atoms with E-state index in [1.54, 1.807) is 6.26 Å². The highest BCUT2D eigenvalue weighted by atomic mass is 16.3. The van der Waals surface area contributed by atoms with Crippen molar-refractivity contribution in [3.8, 4) is 0 Å². The van der Waals surface area contributed by atoms with E-state index >= 15 is 0 Å². The molecule has 1 aromatic heterocycles. The number of nitrogens with one attached hydrogen (secondary N) is 2. The fraction of sp³-hybridized carbons (Fsp3) is 0.267. The van der Waals surface area contributed by atoms with E-state index in [2.05, 4.69) is 10.6 Å². The van der Waals surface area contributed by atoms with Gasteiger partial charge in [-0.1, -0.05) is 18.2 Å². The Kier molecular flexibility index (Phi) is 4.75. The molecule has 0 saturated heterocycles. The molecule has 2 aromatic rings. The first-order valence-corrected chi connectivity index (χ1v) is 6.34. The SMILES string of the molecule is CC(CC(=O)Nc1ccccc1)NCc1ccco1. The minimum Gasteiger partial charge on any atom is -0.468 e. The van der Waals surface area contributed by atoms with Crippen molar-refractivity contribution in [2.45, 2.75) is 25.9 Å². The van der Waals surface area contributed by atoms with Gasteiger partial charge in [-0.3, -0.25) is 4.79 Å². The number of hydrogen-bond donors (Lipinski definition) is 2. The van der Waals surface area contributed by atoms with E-state index in [9.17, 15) is 4.79 Å². The average molecular weight is 258 g/mol. The fourth-order valence-electron chi connectivity index (χ4n) is 1.77. The Labute approximate surface area is 112 Å². The number of rotatable bonds is 6. The minimum atomic E-state index is 0.00523. The molecule has 4 nitrogen and oxygen atoms in total. The van der Waals surface area contributed by atoms with Crippen molar-refractivity contribution in [2.24, 2.45) is 0 Å². The summed E-state index contributed by atoms with van der Waals surface area (Å²) in [5.41, 5.74) is 0.825. The zero-order valence-electron chi connectivity index (χ0n) is 10.9. The van der Waals surface area contributed by atoms with Crippen LogP contribution in [0.4, 0.5) is 5.69 Å². The van der Waals surface area contributed by atoms with Gasteiger partial charge in [-0.2, -0.15) is 0 Å². The molecule has 1 unspecified atom stereocenters. The van der Waals surface area contributed by atoms with Crippen molar-refractivity contribution >= 4 is 11.6 Å². The zero-order chi connectivity index (χ0) is 13.5. The van der Waals surface area contributed by atoms with E-state index in [1.165, 1.54) is 0 Å². The molecule has 0 radical (unpaired) electrons. The molecule has 1 aromatic carbocycles. The third-order valence-electron chi connectivity index (χ3n) is 2.75. The molecule has 0 saturated carbocycles. The number of benzene rings is 1. The molecule has 100 valence electrons. The second-order valence-corrected chi connectivity index (χ2v) is 4.48. The smallest absolute Gasteiger partial charge is 0.225 e. The van der Waals surface area contributed by atoms with Gasteiger partial charge in [-0.05, 0) is 31.2 Å². The summed E-state index contributed by atoms with van der Waals surface area (Å²) in [4.78, 5) is 11.8. The zero-order valence-corrected chi connectivity index (χ0v) is 10.9. The van der Waals surface area contributed by atoms with E-state index in [0.29, 0.717) is 13.0 Å². The topological polar surface area (TPSA) is 54.3 Å². The number of furan rings is 1. The normalized spacial score (nSPS) is 12.1. The molecule has 4 heteroatoms. The van der Waals surface area contributed by atoms with Crippen molar-refractivity contribution in [1.29, 1.82) is 0 Å². The highest BCUT2D eigenvalue weighted by molar-refractivity contribution is 5.90. The second-order valence-electron chi connectivity index (χ2n) is 4.48. The molecule has 0 aliphatic carbocycles. The summed E-state index contributed by atoms with van der Waals surface area (Å²) in [6.45, 7) is 2.61. The Morgan fingerprint density at radius 2 is 2.00 bits per heavy atom. The van der Waals surface area contributed by atoms with E-state index in [0.717, 1.165) is 11.4 Å². The largest absolute Gasteiger partial charge is 0.468 e. The van der Waals surface area contributed by atoms with Crippen molar-refractivity contribution in [2.75, 3.05) is 5.32 Å². The molecule has 0 bridgehead atoms. The average Bonchev–Trinajstić information content (AvgIpc) is 2.90. The highest BCUT2D eigenvalue weighted by Gasteiger charge is 2.09. The van der Waals surface area contributed by atoms with Crippen molar-refractivity contribution in [3.05, 3.63) is 54.5 Å². The molecular formula is C15H18N2O2. The van der Waals surface area contributed by atoms with Gasteiger partial charge in [0.1, 0.15) is 5.76 Å². The first-order valence-electron chi connectivity index (χ1n) is 6.34. The van der Waals surface area contributed by atoms with Crippen LogP contribution in [0, 0.1) is 0 Å². The summed E-state index contributed by atoms with van der Waals surface area (Å²) in [7, 11) is 0. The Bertz CT molecular complexity index is 494. The Balaban J connectivity index is 1.72. The summed E-state index contributed by atoms with van der Waals surface area (Å²) in [6.07, 6.45) is 2.07. The van der Waals surface area contributed by atoms with Gasteiger partial charge in [0.2, 0.25) is 5.91 Å². The number of amides is 1. The Hall–Kier alpha value is -2.07. The standard InChI is InChI=1S/C15H18N2O2/c1-12(16-11-14-8-5-9-19-14)10-15(18)17-13-6-3-2-4-7-13/h2-9,12,16H,10-11H2,1H3,(H,17,18). The highest BCUT2D eigenvalue weighted by Crippen LogP contribution is 2.06. The molecule has 0 spiro atoms. The molecule has 19 heavy (non-hydrogen) atoms. The lowest BCUT2D eigenvalue weighted by atomic mass is 10.2. The summed E-state index contributed by atoms with van der Waals surface area (Å²) in [5.74, 6) is 0.876. The molecule has 2 N–H and O–H groups in total. The van der Waals surface area contributed by atoms with Gasteiger partial charge in [0.05, 0.1) is 12.8 Å². The van der Waals surface area contributed by atoms with Crippen LogP contribution in [0.2, 0.25) is 0 Å². The van der Waals surface area contributed by atoms with E-state index in [1.807, 2.05) is 49.4 Å². The Morgan fingerprint density at radius 1 is 1.21 bits per heavy atom. The number of para-hydroxylation sites is 1. The number of carbonyl (C=O) groups is 1. The molecule has 0 fully saturated rings. The van der Waals surface area contributed by atoms with Crippen LogP contribution in [0.25, 0.3) is 0 Å². The summed E-state index contributed by atoms with van der Waals surface area (Å²) in [6, 6.07) is 13.3. The van der Waals surface area contributed by atoms with Gasteiger partial charge in [-0.15, -0.1) is 0 Å². The van der Waals surface area contributed by atoms with Gasteiger partial charge in [-0.25, -0.2) is 0 Å². The molecule has 0 aliphatic heterocycles. The van der Waals surface area contributed by atoms with E-state index in [4.69, 9.17) is 4.42 Å². The van der Waals surface area contributed by atoms with Crippen LogP contribution in [0.15, 0.2) is 53.1 Å². The first-order chi connectivity index (χ1) is 9.24. The first kappa shape index (κ1) is 13.4. The van der Waals surface area contributed by atoms with Gasteiger partial charge in [0.15, 0.2) is 0 Å². The maximum Gasteiger partial charge on any atom is 0.225 e. The van der Waals surface area contributed by atoms with Crippen molar-refractivity contribution in [3.63, 3.8) is 0 Å². The summed E-state index contributed by atoms with van der Waals surface area (Å²) < 4.78 is 5.22. The van der Waals surface area contributed by atoms with Crippen molar-refractivity contribution in [1.82, 2.24) is 5.32 Å². The van der Waals surface area contributed by atoms with Crippen LogP contribution in [0.1, 0.15) is 19.1 Å². The van der Waals surface area contributed by atoms with Gasteiger partial charge in [0, 0.05) is 18.2 Å². The molecular weight excluding hydrogens is 240 g/mol.